The summed E-state index contributed by atoms with van der Waals surface area (Å²) >= 11 is 0. The van der Waals surface area contributed by atoms with E-state index < -0.39 is 0 Å². The van der Waals surface area contributed by atoms with Crippen molar-refractivity contribution in [2.45, 2.75) is 46.1 Å². The van der Waals surface area contributed by atoms with Gasteiger partial charge in [-0.3, -0.25) is 0 Å². The first-order valence-corrected chi connectivity index (χ1v) is 7.35. The standard InChI is InChI=1S/C17H24N2/c1-12-8-15(11-17(2,3)10-12)19-14-4-5-16-13(9-14)6-7-18-16/h4-7,9,12,15,18-19H,8,10-11H2,1-3H3. The summed E-state index contributed by atoms with van der Waals surface area (Å²) in [4.78, 5) is 3.24. The van der Waals surface area contributed by atoms with Crippen LogP contribution in [0.25, 0.3) is 10.9 Å². The van der Waals surface area contributed by atoms with Crippen molar-refractivity contribution < 1.29 is 0 Å². The lowest BCUT2D eigenvalue weighted by Gasteiger charge is -2.39. The second kappa shape index (κ2) is 4.59. The zero-order valence-corrected chi connectivity index (χ0v) is 12.2. The average Bonchev–Trinajstić information content (AvgIpc) is 2.73. The summed E-state index contributed by atoms with van der Waals surface area (Å²) in [5.41, 5.74) is 2.93. The zero-order chi connectivity index (χ0) is 13.5. The molecule has 2 heteroatoms. The van der Waals surface area contributed by atoms with Crippen LogP contribution in [0.4, 0.5) is 5.69 Å². The van der Waals surface area contributed by atoms with Crippen LogP contribution in [-0.2, 0) is 0 Å². The molecule has 1 aromatic carbocycles. The molecule has 1 fully saturated rings. The molecule has 0 spiro atoms. The quantitative estimate of drug-likeness (QED) is 0.794. The van der Waals surface area contributed by atoms with E-state index in [1.807, 2.05) is 6.20 Å². The van der Waals surface area contributed by atoms with E-state index in [2.05, 4.69) is 55.3 Å². The first kappa shape index (κ1) is 12.6. The third kappa shape index (κ3) is 2.78. The maximum absolute atomic E-state index is 3.73. The summed E-state index contributed by atoms with van der Waals surface area (Å²) in [6.45, 7) is 7.17. The maximum Gasteiger partial charge on any atom is 0.0455 e. The molecule has 3 rings (SSSR count). The van der Waals surface area contributed by atoms with Gasteiger partial charge in [-0.05, 0) is 54.9 Å². The Hall–Kier alpha value is -1.44. The lowest BCUT2D eigenvalue weighted by Crippen LogP contribution is -2.35. The Balaban J connectivity index is 1.76. The van der Waals surface area contributed by atoms with Gasteiger partial charge in [0.15, 0.2) is 0 Å². The number of hydrogen-bond donors (Lipinski definition) is 2. The minimum atomic E-state index is 0.466. The molecule has 2 nitrogen and oxygen atoms in total. The molecule has 1 heterocycles. The molecule has 0 amide bonds. The molecule has 2 unspecified atom stereocenters. The topological polar surface area (TPSA) is 27.8 Å². The molecular weight excluding hydrogens is 232 g/mol. The fourth-order valence-electron chi connectivity index (χ4n) is 3.83. The smallest absolute Gasteiger partial charge is 0.0455 e. The Morgan fingerprint density at radius 2 is 2.05 bits per heavy atom. The van der Waals surface area contributed by atoms with Gasteiger partial charge in [0.05, 0.1) is 0 Å². The second-order valence-corrected chi connectivity index (χ2v) is 7.03. The number of aromatic amines is 1. The number of anilines is 1. The molecule has 1 saturated carbocycles. The van der Waals surface area contributed by atoms with Crippen molar-refractivity contribution in [1.82, 2.24) is 4.98 Å². The van der Waals surface area contributed by atoms with Gasteiger partial charge in [0.2, 0.25) is 0 Å². The summed E-state index contributed by atoms with van der Waals surface area (Å²) < 4.78 is 0. The third-order valence-corrected chi connectivity index (χ3v) is 4.31. The predicted molar refractivity (Wildman–Crippen MR) is 82.5 cm³/mol. The second-order valence-electron chi connectivity index (χ2n) is 7.03. The highest BCUT2D eigenvalue weighted by molar-refractivity contribution is 5.83. The SMILES string of the molecule is CC1CC(Nc2ccc3[nH]ccc3c2)CC(C)(C)C1. The lowest BCUT2D eigenvalue weighted by molar-refractivity contribution is 0.178. The van der Waals surface area contributed by atoms with Crippen LogP contribution in [-0.4, -0.2) is 11.0 Å². The van der Waals surface area contributed by atoms with Gasteiger partial charge in [0.25, 0.3) is 0 Å². The first-order chi connectivity index (χ1) is 9.02. The zero-order valence-electron chi connectivity index (χ0n) is 12.2. The summed E-state index contributed by atoms with van der Waals surface area (Å²) in [6, 6.07) is 9.34. The third-order valence-electron chi connectivity index (χ3n) is 4.31. The average molecular weight is 256 g/mol. The highest BCUT2D eigenvalue weighted by Gasteiger charge is 2.31. The van der Waals surface area contributed by atoms with Crippen molar-refractivity contribution in [2.24, 2.45) is 11.3 Å². The Kier molecular flexibility index (Phi) is 3.04. The van der Waals surface area contributed by atoms with Crippen LogP contribution in [0.15, 0.2) is 30.5 Å². The van der Waals surface area contributed by atoms with E-state index in [1.54, 1.807) is 0 Å². The Morgan fingerprint density at radius 1 is 1.21 bits per heavy atom. The van der Waals surface area contributed by atoms with Gasteiger partial charge in [-0.15, -0.1) is 0 Å². The Bertz CT molecular complexity index is 567. The van der Waals surface area contributed by atoms with Crippen LogP contribution in [0.3, 0.4) is 0 Å². The van der Waals surface area contributed by atoms with Crippen LogP contribution in [0.1, 0.15) is 40.0 Å². The number of H-pyrrole nitrogens is 1. The van der Waals surface area contributed by atoms with Gasteiger partial charge >= 0.3 is 0 Å². The molecule has 0 radical (unpaired) electrons. The molecule has 19 heavy (non-hydrogen) atoms. The Labute approximate surface area is 115 Å². The minimum Gasteiger partial charge on any atom is -0.382 e. The molecule has 2 N–H and O–H groups in total. The molecule has 1 aromatic heterocycles. The van der Waals surface area contributed by atoms with E-state index in [4.69, 9.17) is 0 Å². The fourth-order valence-corrected chi connectivity index (χ4v) is 3.83. The maximum atomic E-state index is 3.73. The summed E-state index contributed by atoms with van der Waals surface area (Å²) in [5.74, 6) is 0.817. The molecule has 0 bridgehead atoms. The fraction of sp³-hybridized carbons (Fsp3) is 0.529. The molecular formula is C17H24N2. The van der Waals surface area contributed by atoms with Crippen molar-refractivity contribution in [3.63, 3.8) is 0 Å². The van der Waals surface area contributed by atoms with Gasteiger partial charge < -0.3 is 10.3 Å². The number of benzene rings is 1. The molecule has 0 aliphatic heterocycles. The predicted octanol–water partition coefficient (Wildman–Crippen LogP) is 4.79. The highest BCUT2D eigenvalue weighted by Crippen LogP contribution is 2.39. The number of hydrogen-bond acceptors (Lipinski definition) is 1. The van der Waals surface area contributed by atoms with Crippen molar-refractivity contribution in [3.05, 3.63) is 30.5 Å². The van der Waals surface area contributed by atoms with Gasteiger partial charge in [-0.2, -0.15) is 0 Å². The van der Waals surface area contributed by atoms with Gasteiger partial charge in [0.1, 0.15) is 0 Å². The van der Waals surface area contributed by atoms with Crippen molar-refractivity contribution >= 4 is 16.6 Å². The van der Waals surface area contributed by atoms with Gasteiger partial charge in [-0.1, -0.05) is 20.8 Å². The van der Waals surface area contributed by atoms with Crippen LogP contribution in [0, 0.1) is 11.3 Å². The number of rotatable bonds is 2. The van der Waals surface area contributed by atoms with Gasteiger partial charge in [-0.25, -0.2) is 0 Å². The monoisotopic (exact) mass is 256 g/mol. The van der Waals surface area contributed by atoms with Crippen LogP contribution < -0.4 is 5.32 Å². The molecule has 0 saturated heterocycles. The van der Waals surface area contributed by atoms with Crippen molar-refractivity contribution in [2.75, 3.05) is 5.32 Å². The van der Waals surface area contributed by atoms with E-state index in [1.165, 1.54) is 35.9 Å². The van der Waals surface area contributed by atoms with Crippen LogP contribution in [0.2, 0.25) is 0 Å². The summed E-state index contributed by atoms with van der Waals surface area (Å²) in [7, 11) is 0. The van der Waals surface area contributed by atoms with Gasteiger partial charge in [0, 0.05) is 28.8 Å². The Morgan fingerprint density at radius 3 is 2.84 bits per heavy atom. The number of nitrogens with one attached hydrogen (secondary N) is 2. The van der Waals surface area contributed by atoms with Crippen LogP contribution in [0.5, 0.6) is 0 Å². The van der Waals surface area contributed by atoms with E-state index in [-0.39, 0.29) is 0 Å². The molecule has 2 atom stereocenters. The van der Waals surface area contributed by atoms with Crippen LogP contribution >= 0.6 is 0 Å². The first-order valence-electron chi connectivity index (χ1n) is 7.35. The highest BCUT2D eigenvalue weighted by atomic mass is 14.9. The van der Waals surface area contributed by atoms with Crippen molar-refractivity contribution in [1.29, 1.82) is 0 Å². The molecule has 1 aliphatic carbocycles. The molecule has 1 aliphatic rings. The van der Waals surface area contributed by atoms with E-state index in [9.17, 15) is 0 Å². The lowest BCUT2D eigenvalue weighted by atomic mass is 9.70. The number of fused-ring (bicyclic) bond motifs is 1. The summed E-state index contributed by atoms with van der Waals surface area (Å²) in [5, 5.41) is 5.02. The summed E-state index contributed by atoms with van der Waals surface area (Å²) in [6.07, 6.45) is 5.90. The van der Waals surface area contributed by atoms with E-state index in [0.717, 1.165) is 5.92 Å². The normalized spacial score (nSPS) is 26.5. The molecule has 102 valence electrons. The van der Waals surface area contributed by atoms with E-state index in [0.29, 0.717) is 11.5 Å². The number of aromatic nitrogens is 1. The largest absolute Gasteiger partial charge is 0.382 e. The molecule has 2 aromatic rings. The minimum absolute atomic E-state index is 0.466. The van der Waals surface area contributed by atoms with Crippen molar-refractivity contribution in [3.8, 4) is 0 Å². The van der Waals surface area contributed by atoms with E-state index >= 15 is 0 Å².